The highest BCUT2D eigenvalue weighted by Crippen LogP contribution is 2.19. The first-order chi connectivity index (χ1) is 14.4. The van der Waals surface area contributed by atoms with Gasteiger partial charge in [-0.15, -0.1) is 0 Å². The molecule has 1 heterocycles. The van der Waals surface area contributed by atoms with Crippen molar-refractivity contribution in [1.29, 1.82) is 0 Å². The summed E-state index contributed by atoms with van der Waals surface area (Å²) in [4.78, 5) is 28.3. The highest BCUT2D eigenvalue weighted by Gasteiger charge is 2.13. The zero-order valence-corrected chi connectivity index (χ0v) is 17.9. The predicted molar refractivity (Wildman–Crippen MR) is 121 cm³/mol. The smallest absolute Gasteiger partial charge is 0.246 e. The van der Waals surface area contributed by atoms with E-state index in [0.29, 0.717) is 5.69 Å². The highest BCUT2D eigenvalue weighted by atomic mass is 16.5. The lowest BCUT2D eigenvalue weighted by molar-refractivity contribution is -0.129. The quantitative estimate of drug-likeness (QED) is 0.747. The van der Waals surface area contributed by atoms with Crippen LogP contribution < -0.4 is 10.2 Å². The maximum atomic E-state index is 12.3. The number of hydrogen-bond acceptors (Lipinski definition) is 4. The number of aryl methyl sites for hydroxylation is 2. The number of anilines is 2. The van der Waals surface area contributed by atoms with Crippen molar-refractivity contribution in [2.75, 3.05) is 50.1 Å². The summed E-state index contributed by atoms with van der Waals surface area (Å²) in [6, 6.07) is 13.8. The van der Waals surface area contributed by atoms with Crippen LogP contribution in [0, 0.1) is 13.8 Å². The monoisotopic (exact) mass is 407 g/mol. The van der Waals surface area contributed by atoms with Gasteiger partial charge in [0.15, 0.2) is 0 Å². The van der Waals surface area contributed by atoms with Crippen LogP contribution in [0.25, 0.3) is 6.08 Å². The Morgan fingerprint density at radius 3 is 2.47 bits per heavy atom. The molecule has 3 rings (SSSR count). The third kappa shape index (κ3) is 5.94. The molecule has 0 spiro atoms. The van der Waals surface area contributed by atoms with E-state index in [1.165, 1.54) is 16.5 Å². The van der Waals surface area contributed by atoms with E-state index < -0.39 is 0 Å². The summed E-state index contributed by atoms with van der Waals surface area (Å²) < 4.78 is 5.37. The largest absolute Gasteiger partial charge is 0.378 e. The normalized spacial score (nSPS) is 14.0. The first kappa shape index (κ1) is 21.6. The number of carbonyl (C=O) groups is 2. The first-order valence-corrected chi connectivity index (χ1v) is 10.2. The van der Waals surface area contributed by atoms with Gasteiger partial charge >= 0.3 is 0 Å². The van der Waals surface area contributed by atoms with E-state index in [1.54, 1.807) is 13.1 Å². The molecular weight excluding hydrogens is 378 g/mol. The molecule has 2 aromatic rings. The molecule has 0 atom stereocenters. The maximum absolute atomic E-state index is 12.3. The fourth-order valence-electron chi connectivity index (χ4n) is 3.37. The number of carbonyl (C=O) groups excluding carboxylic acids is 2. The van der Waals surface area contributed by atoms with Crippen LogP contribution in [0.1, 0.15) is 16.7 Å². The lowest BCUT2D eigenvalue weighted by Crippen LogP contribution is -2.36. The minimum Gasteiger partial charge on any atom is -0.378 e. The van der Waals surface area contributed by atoms with Gasteiger partial charge in [0, 0.05) is 37.6 Å². The summed E-state index contributed by atoms with van der Waals surface area (Å²) in [6.07, 6.45) is 3.29. The van der Waals surface area contributed by atoms with Crippen LogP contribution in [0.15, 0.2) is 48.5 Å². The second-order valence-corrected chi connectivity index (χ2v) is 7.58. The summed E-state index contributed by atoms with van der Waals surface area (Å²) in [7, 11) is 1.62. The molecule has 1 fully saturated rings. The third-order valence-corrected chi connectivity index (χ3v) is 5.12. The molecule has 158 valence electrons. The zero-order valence-electron chi connectivity index (χ0n) is 17.9. The van der Waals surface area contributed by atoms with Crippen LogP contribution in [0.3, 0.4) is 0 Å². The molecule has 0 aromatic heterocycles. The average molecular weight is 408 g/mol. The van der Waals surface area contributed by atoms with Gasteiger partial charge in [0.2, 0.25) is 11.8 Å². The Morgan fingerprint density at radius 1 is 1.10 bits per heavy atom. The Kier molecular flexibility index (Phi) is 7.25. The van der Waals surface area contributed by atoms with Crippen molar-refractivity contribution in [1.82, 2.24) is 4.90 Å². The zero-order chi connectivity index (χ0) is 21.5. The molecule has 0 radical (unpaired) electrons. The van der Waals surface area contributed by atoms with Crippen LogP contribution in [-0.4, -0.2) is 56.6 Å². The summed E-state index contributed by atoms with van der Waals surface area (Å²) in [5.74, 6) is -0.447. The van der Waals surface area contributed by atoms with Crippen molar-refractivity contribution in [3.63, 3.8) is 0 Å². The summed E-state index contributed by atoms with van der Waals surface area (Å²) in [6.45, 7) is 7.24. The molecule has 1 saturated heterocycles. The van der Waals surface area contributed by atoms with E-state index in [2.05, 4.69) is 16.3 Å². The number of nitrogens with one attached hydrogen (secondary N) is 1. The van der Waals surface area contributed by atoms with Crippen LogP contribution >= 0.6 is 0 Å². The minimum atomic E-state index is -0.232. The molecule has 2 aromatic carbocycles. The van der Waals surface area contributed by atoms with Gasteiger partial charge in [0.05, 0.1) is 19.8 Å². The number of nitrogens with zero attached hydrogens (tertiary/aromatic N) is 2. The van der Waals surface area contributed by atoms with E-state index >= 15 is 0 Å². The average Bonchev–Trinajstić information content (AvgIpc) is 2.74. The fraction of sp³-hybridized carbons (Fsp3) is 0.333. The Morgan fingerprint density at radius 2 is 1.80 bits per heavy atom. The van der Waals surface area contributed by atoms with E-state index in [-0.39, 0.29) is 18.4 Å². The highest BCUT2D eigenvalue weighted by molar-refractivity contribution is 5.98. The molecule has 0 aliphatic carbocycles. The SMILES string of the molecule is Cc1ccc(/C=C/C(=O)N(C)CC(=O)Nc2ccc(N3CCOCC3)cc2)c(C)c1. The molecular formula is C24H29N3O3. The van der Waals surface area contributed by atoms with Gasteiger partial charge < -0.3 is 19.9 Å². The van der Waals surface area contributed by atoms with Crippen molar-refractivity contribution in [3.05, 3.63) is 65.2 Å². The molecule has 1 aliphatic heterocycles. The maximum Gasteiger partial charge on any atom is 0.246 e. The van der Waals surface area contributed by atoms with E-state index in [1.807, 2.05) is 50.2 Å². The molecule has 6 heteroatoms. The number of amides is 2. The Balaban J connectivity index is 1.51. The Labute approximate surface area is 178 Å². The summed E-state index contributed by atoms with van der Waals surface area (Å²) in [5, 5.41) is 2.85. The summed E-state index contributed by atoms with van der Waals surface area (Å²) >= 11 is 0. The molecule has 1 N–H and O–H groups in total. The molecule has 0 unspecified atom stereocenters. The number of benzene rings is 2. The summed E-state index contributed by atoms with van der Waals surface area (Å²) in [5.41, 5.74) is 5.11. The van der Waals surface area contributed by atoms with Crippen LogP contribution in [-0.2, 0) is 14.3 Å². The first-order valence-electron chi connectivity index (χ1n) is 10.2. The number of ether oxygens (including phenoxy) is 1. The predicted octanol–water partition coefficient (Wildman–Crippen LogP) is 3.25. The lowest BCUT2D eigenvalue weighted by Gasteiger charge is -2.28. The molecule has 0 saturated carbocycles. The van der Waals surface area contributed by atoms with Crippen LogP contribution in [0.5, 0.6) is 0 Å². The Bertz CT molecular complexity index is 916. The van der Waals surface area contributed by atoms with Gasteiger partial charge in [-0.25, -0.2) is 0 Å². The molecule has 1 aliphatic rings. The number of likely N-dealkylation sites (N-methyl/N-ethyl adjacent to an activating group) is 1. The second kappa shape index (κ2) is 10.1. The Hall–Kier alpha value is -3.12. The van der Waals surface area contributed by atoms with Crippen LogP contribution in [0.4, 0.5) is 11.4 Å². The number of morpholine rings is 1. The number of hydrogen-bond donors (Lipinski definition) is 1. The third-order valence-electron chi connectivity index (χ3n) is 5.12. The lowest BCUT2D eigenvalue weighted by atomic mass is 10.1. The molecule has 0 bridgehead atoms. The fourth-order valence-corrected chi connectivity index (χ4v) is 3.37. The van der Waals surface area contributed by atoms with Crippen molar-refractivity contribution in [2.24, 2.45) is 0 Å². The second-order valence-electron chi connectivity index (χ2n) is 7.58. The van der Waals surface area contributed by atoms with Crippen molar-refractivity contribution >= 4 is 29.3 Å². The van der Waals surface area contributed by atoms with Gasteiger partial charge in [0.25, 0.3) is 0 Å². The topological polar surface area (TPSA) is 61.9 Å². The van der Waals surface area contributed by atoms with Gasteiger partial charge in [0.1, 0.15) is 0 Å². The van der Waals surface area contributed by atoms with Gasteiger partial charge in [-0.05, 0) is 55.3 Å². The van der Waals surface area contributed by atoms with Crippen molar-refractivity contribution < 1.29 is 14.3 Å². The van der Waals surface area contributed by atoms with E-state index in [4.69, 9.17) is 4.74 Å². The molecule has 2 amide bonds. The standard InChI is InChI=1S/C24H29N3O3/c1-18-4-5-20(19(2)16-18)6-11-24(29)26(3)17-23(28)25-21-7-9-22(10-8-21)27-12-14-30-15-13-27/h4-11,16H,12-15,17H2,1-3H3,(H,25,28)/b11-6+. The van der Waals surface area contributed by atoms with E-state index in [0.717, 1.165) is 43.1 Å². The molecule has 6 nitrogen and oxygen atoms in total. The van der Waals surface area contributed by atoms with E-state index in [9.17, 15) is 9.59 Å². The van der Waals surface area contributed by atoms with Crippen LogP contribution in [0.2, 0.25) is 0 Å². The number of rotatable bonds is 6. The van der Waals surface area contributed by atoms with Crippen molar-refractivity contribution in [3.8, 4) is 0 Å². The van der Waals surface area contributed by atoms with Gasteiger partial charge in [-0.1, -0.05) is 23.8 Å². The van der Waals surface area contributed by atoms with Gasteiger partial charge in [-0.2, -0.15) is 0 Å². The van der Waals surface area contributed by atoms with Gasteiger partial charge in [-0.3, -0.25) is 9.59 Å². The van der Waals surface area contributed by atoms with Crippen molar-refractivity contribution in [2.45, 2.75) is 13.8 Å². The minimum absolute atomic E-state index is 0.0126. The molecule has 30 heavy (non-hydrogen) atoms.